The summed E-state index contributed by atoms with van der Waals surface area (Å²) in [7, 11) is 1.92. The zero-order valence-corrected chi connectivity index (χ0v) is 15.5. The summed E-state index contributed by atoms with van der Waals surface area (Å²) in [4.78, 5) is 14.5. The average molecular weight is 365 g/mol. The minimum atomic E-state index is -0.163. The van der Waals surface area contributed by atoms with Gasteiger partial charge in [-0.2, -0.15) is 0 Å². The Hall–Kier alpha value is -1.53. The van der Waals surface area contributed by atoms with E-state index in [1.54, 1.807) is 0 Å². The fraction of sp³-hybridized carbons (Fsp3) is 0.471. The third kappa shape index (κ3) is 3.75. The summed E-state index contributed by atoms with van der Waals surface area (Å²) in [5.41, 5.74) is 0.955. The van der Waals surface area contributed by atoms with Crippen LogP contribution in [-0.4, -0.2) is 43.9 Å². The van der Waals surface area contributed by atoms with Crippen molar-refractivity contribution in [1.82, 2.24) is 19.7 Å². The highest BCUT2D eigenvalue weighted by Crippen LogP contribution is 2.27. The number of aromatic nitrogens is 3. The first kappa shape index (κ1) is 17.3. The molecule has 1 amide bonds. The Labute approximate surface area is 151 Å². The van der Waals surface area contributed by atoms with Gasteiger partial charge in [0.15, 0.2) is 11.0 Å². The summed E-state index contributed by atoms with van der Waals surface area (Å²) in [6.07, 6.45) is 3.43. The van der Waals surface area contributed by atoms with E-state index in [1.165, 1.54) is 18.2 Å². The zero-order chi connectivity index (χ0) is 17.1. The summed E-state index contributed by atoms with van der Waals surface area (Å²) in [6, 6.07) is 7.51. The minimum Gasteiger partial charge on any atom is -0.342 e. The molecule has 0 bridgehead atoms. The van der Waals surface area contributed by atoms with Gasteiger partial charge in [-0.3, -0.25) is 4.79 Å². The van der Waals surface area contributed by atoms with Gasteiger partial charge in [0.05, 0.1) is 5.25 Å². The molecule has 0 aliphatic carbocycles. The fourth-order valence-electron chi connectivity index (χ4n) is 2.85. The summed E-state index contributed by atoms with van der Waals surface area (Å²) in [6.45, 7) is 3.69. The van der Waals surface area contributed by atoms with E-state index in [-0.39, 0.29) is 11.2 Å². The van der Waals surface area contributed by atoms with Crippen molar-refractivity contribution in [2.45, 2.75) is 36.6 Å². The molecule has 5 nitrogen and oxygen atoms in total. The van der Waals surface area contributed by atoms with E-state index in [2.05, 4.69) is 10.2 Å². The van der Waals surface area contributed by atoms with Crippen LogP contribution in [0.4, 0.5) is 0 Å². The molecule has 24 heavy (non-hydrogen) atoms. The van der Waals surface area contributed by atoms with Gasteiger partial charge in [-0.15, -0.1) is 10.2 Å². The van der Waals surface area contributed by atoms with Crippen LogP contribution in [-0.2, 0) is 11.8 Å². The summed E-state index contributed by atoms with van der Waals surface area (Å²) < 4.78 is 1.92. The number of hydrogen-bond donors (Lipinski definition) is 0. The van der Waals surface area contributed by atoms with Gasteiger partial charge in [0.1, 0.15) is 0 Å². The van der Waals surface area contributed by atoms with Crippen LogP contribution in [0.25, 0.3) is 11.4 Å². The van der Waals surface area contributed by atoms with Crippen LogP contribution in [0.3, 0.4) is 0 Å². The quantitative estimate of drug-likeness (QED) is 0.777. The van der Waals surface area contributed by atoms with Crippen LogP contribution in [0.1, 0.15) is 26.2 Å². The number of hydrogen-bond acceptors (Lipinski definition) is 4. The summed E-state index contributed by atoms with van der Waals surface area (Å²) in [5, 5.41) is 9.79. The highest BCUT2D eigenvalue weighted by atomic mass is 35.5. The van der Waals surface area contributed by atoms with Crippen LogP contribution in [0.15, 0.2) is 29.4 Å². The number of piperidine rings is 1. The first-order valence-electron chi connectivity index (χ1n) is 8.17. The van der Waals surface area contributed by atoms with E-state index in [9.17, 15) is 4.79 Å². The third-order valence-electron chi connectivity index (χ3n) is 4.24. The lowest BCUT2D eigenvalue weighted by Gasteiger charge is -2.28. The molecule has 0 radical (unpaired) electrons. The molecule has 0 spiro atoms. The number of nitrogens with zero attached hydrogens (tertiary/aromatic N) is 4. The molecule has 1 aromatic heterocycles. The third-order valence-corrected chi connectivity index (χ3v) is 5.61. The Morgan fingerprint density at radius 2 is 1.83 bits per heavy atom. The molecule has 1 aliphatic rings. The molecule has 2 heterocycles. The van der Waals surface area contributed by atoms with Crippen LogP contribution in [0, 0.1) is 0 Å². The van der Waals surface area contributed by atoms with E-state index in [0.717, 1.165) is 42.5 Å². The van der Waals surface area contributed by atoms with Crippen molar-refractivity contribution in [3.8, 4) is 11.4 Å². The van der Waals surface area contributed by atoms with Crippen molar-refractivity contribution >= 4 is 29.3 Å². The molecule has 0 N–H and O–H groups in total. The van der Waals surface area contributed by atoms with Gasteiger partial charge < -0.3 is 9.47 Å². The van der Waals surface area contributed by atoms with Gasteiger partial charge in [-0.05, 0) is 50.5 Å². The predicted molar refractivity (Wildman–Crippen MR) is 97.2 cm³/mol. The number of rotatable bonds is 4. The number of amides is 1. The lowest BCUT2D eigenvalue weighted by atomic mass is 10.1. The Bertz CT molecular complexity index is 710. The monoisotopic (exact) mass is 364 g/mol. The van der Waals surface area contributed by atoms with Crippen molar-refractivity contribution in [2.24, 2.45) is 7.05 Å². The topological polar surface area (TPSA) is 51.0 Å². The molecular weight excluding hydrogens is 344 g/mol. The van der Waals surface area contributed by atoms with Crippen molar-refractivity contribution in [2.75, 3.05) is 13.1 Å². The first-order chi connectivity index (χ1) is 11.6. The molecule has 1 atom stereocenters. The second-order valence-corrected chi connectivity index (χ2v) is 7.76. The van der Waals surface area contributed by atoms with Crippen LogP contribution < -0.4 is 0 Å². The molecular formula is C17H21ClN4OS. The molecule has 128 valence electrons. The second-order valence-electron chi connectivity index (χ2n) is 6.02. The molecule has 7 heteroatoms. The normalized spacial score (nSPS) is 16.2. The van der Waals surface area contributed by atoms with E-state index >= 15 is 0 Å². The Kier molecular flexibility index (Phi) is 5.46. The zero-order valence-electron chi connectivity index (χ0n) is 13.9. The Balaban J connectivity index is 1.71. The maximum Gasteiger partial charge on any atom is 0.235 e. The number of likely N-dealkylation sites (tertiary alicyclic amines) is 1. The van der Waals surface area contributed by atoms with Gasteiger partial charge in [0.25, 0.3) is 0 Å². The standard InChI is InChI=1S/C17H21ClN4OS/c1-12(16(23)22-10-4-3-5-11-22)24-17-20-19-15(21(17)2)13-6-8-14(18)9-7-13/h6-9,12H,3-5,10-11H2,1-2H3/t12-/m1/s1. The van der Waals surface area contributed by atoms with Crippen molar-refractivity contribution in [3.63, 3.8) is 0 Å². The second kappa shape index (κ2) is 7.57. The maximum absolute atomic E-state index is 12.6. The van der Waals surface area contributed by atoms with Gasteiger partial charge in [0.2, 0.25) is 5.91 Å². The number of carbonyl (C=O) groups is 1. The highest BCUT2D eigenvalue weighted by Gasteiger charge is 2.25. The Morgan fingerprint density at radius 1 is 1.17 bits per heavy atom. The van der Waals surface area contributed by atoms with Gasteiger partial charge >= 0.3 is 0 Å². The van der Waals surface area contributed by atoms with E-state index in [1.807, 2.05) is 47.7 Å². The van der Waals surface area contributed by atoms with Gasteiger partial charge in [-0.25, -0.2) is 0 Å². The lowest BCUT2D eigenvalue weighted by molar-refractivity contribution is -0.131. The molecule has 1 fully saturated rings. The van der Waals surface area contributed by atoms with E-state index in [4.69, 9.17) is 11.6 Å². The van der Waals surface area contributed by atoms with E-state index in [0.29, 0.717) is 5.02 Å². The number of thioether (sulfide) groups is 1. The average Bonchev–Trinajstić information content (AvgIpc) is 2.96. The SMILES string of the molecule is C[C@@H](Sc1nnc(-c2ccc(Cl)cc2)n1C)C(=O)N1CCCCC1. The highest BCUT2D eigenvalue weighted by molar-refractivity contribution is 8.00. The largest absolute Gasteiger partial charge is 0.342 e. The van der Waals surface area contributed by atoms with Gasteiger partial charge in [0, 0.05) is 30.7 Å². The number of carbonyl (C=O) groups excluding carboxylic acids is 1. The molecule has 0 unspecified atom stereocenters. The van der Waals surface area contributed by atoms with Crippen molar-refractivity contribution < 1.29 is 4.79 Å². The first-order valence-corrected chi connectivity index (χ1v) is 9.43. The maximum atomic E-state index is 12.6. The molecule has 1 saturated heterocycles. The number of halogens is 1. The molecule has 1 aliphatic heterocycles. The van der Waals surface area contributed by atoms with E-state index < -0.39 is 0 Å². The Morgan fingerprint density at radius 3 is 2.50 bits per heavy atom. The number of benzene rings is 1. The molecule has 0 saturated carbocycles. The lowest BCUT2D eigenvalue weighted by Crippen LogP contribution is -2.40. The fourth-order valence-corrected chi connectivity index (χ4v) is 3.87. The smallest absolute Gasteiger partial charge is 0.235 e. The molecule has 2 aromatic rings. The van der Waals surface area contributed by atoms with Crippen LogP contribution in [0.2, 0.25) is 5.02 Å². The van der Waals surface area contributed by atoms with Crippen molar-refractivity contribution in [3.05, 3.63) is 29.3 Å². The minimum absolute atomic E-state index is 0.163. The summed E-state index contributed by atoms with van der Waals surface area (Å²) >= 11 is 7.40. The predicted octanol–water partition coefficient (Wildman–Crippen LogP) is 3.63. The van der Waals surface area contributed by atoms with Crippen LogP contribution >= 0.6 is 23.4 Å². The van der Waals surface area contributed by atoms with Crippen LogP contribution in [0.5, 0.6) is 0 Å². The summed E-state index contributed by atoms with van der Waals surface area (Å²) in [5.74, 6) is 0.961. The van der Waals surface area contributed by atoms with Gasteiger partial charge in [-0.1, -0.05) is 23.4 Å². The van der Waals surface area contributed by atoms with Crippen molar-refractivity contribution in [1.29, 1.82) is 0 Å². The molecule has 1 aromatic carbocycles. The molecule has 3 rings (SSSR count).